The van der Waals surface area contributed by atoms with E-state index < -0.39 is 11.6 Å². The summed E-state index contributed by atoms with van der Waals surface area (Å²) in [5.41, 5.74) is -1.67. The quantitative estimate of drug-likeness (QED) is 0.678. The van der Waals surface area contributed by atoms with Gasteiger partial charge in [-0.1, -0.05) is 26.7 Å². The Bertz CT molecular complexity index is 253. The van der Waals surface area contributed by atoms with E-state index in [-0.39, 0.29) is 6.54 Å². The summed E-state index contributed by atoms with van der Waals surface area (Å²) in [6.07, 6.45) is 3.49. The van der Waals surface area contributed by atoms with Crippen LogP contribution in [-0.4, -0.2) is 34.4 Å². The van der Waals surface area contributed by atoms with Gasteiger partial charge < -0.3 is 15.5 Å². The molecular weight excluding hydrogens is 206 g/mol. The second kappa shape index (κ2) is 5.15. The molecule has 0 heterocycles. The molecule has 94 valence electrons. The summed E-state index contributed by atoms with van der Waals surface area (Å²) in [5.74, 6) is 0.0379. The van der Waals surface area contributed by atoms with Gasteiger partial charge in [0.05, 0.1) is 0 Å². The molecule has 1 rings (SSSR count). The zero-order valence-corrected chi connectivity index (χ0v) is 10.4. The lowest BCUT2D eigenvalue weighted by Crippen LogP contribution is -2.50. The third-order valence-corrected chi connectivity index (χ3v) is 3.88. The van der Waals surface area contributed by atoms with Gasteiger partial charge in [0.25, 0.3) is 0 Å². The van der Waals surface area contributed by atoms with Crippen molar-refractivity contribution in [1.82, 2.24) is 5.32 Å². The van der Waals surface area contributed by atoms with Crippen LogP contribution in [0.15, 0.2) is 0 Å². The van der Waals surface area contributed by atoms with Crippen molar-refractivity contribution in [3.63, 3.8) is 0 Å². The third kappa shape index (κ3) is 3.19. The highest BCUT2D eigenvalue weighted by Crippen LogP contribution is 2.29. The molecule has 0 spiro atoms. The number of nitrogens with one attached hydrogen (secondary N) is 1. The number of rotatable bonds is 4. The summed E-state index contributed by atoms with van der Waals surface area (Å²) in [5, 5.41) is 21.6. The van der Waals surface area contributed by atoms with Crippen molar-refractivity contribution in [3.05, 3.63) is 0 Å². The first-order valence-electron chi connectivity index (χ1n) is 6.03. The Hall–Kier alpha value is -0.610. The number of aliphatic hydroxyl groups is 1. The van der Waals surface area contributed by atoms with Crippen molar-refractivity contribution in [2.45, 2.75) is 51.7 Å². The predicted molar refractivity (Wildman–Crippen MR) is 62.2 cm³/mol. The van der Waals surface area contributed by atoms with E-state index in [1.807, 2.05) is 0 Å². The van der Waals surface area contributed by atoms with Crippen molar-refractivity contribution >= 4 is 5.97 Å². The van der Waals surface area contributed by atoms with Gasteiger partial charge >= 0.3 is 5.97 Å². The second-order valence-electron chi connectivity index (χ2n) is 5.33. The van der Waals surface area contributed by atoms with E-state index >= 15 is 0 Å². The van der Waals surface area contributed by atoms with Gasteiger partial charge in [0.15, 0.2) is 5.60 Å². The van der Waals surface area contributed by atoms with Gasteiger partial charge in [-0.05, 0) is 25.2 Å². The van der Waals surface area contributed by atoms with Gasteiger partial charge in [0.1, 0.15) is 0 Å². The van der Waals surface area contributed by atoms with Gasteiger partial charge in [-0.15, -0.1) is 0 Å². The van der Waals surface area contributed by atoms with E-state index in [0.29, 0.717) is 17.9 Å². The highest BCUT2D eigenvalue weighted by molar-refractivity contribution is 5.76. The molecule has 1 saturated carbocycles. The lowest BCUT2D eigenvalue weighted by Gasteiger charge is -2.36. The first-order valence-corrected chi connectivity index (χ1v) is 6.03. The highest BCUT2D eigenvalue weighted by atomic mass is 16.4. The maximum absolute atomic E-state index is 10.7. The molecule has 1 aliphatic rings. The van der Waals surface area contributed by atoms with Crippen molar-refractivity contribution in [1.29, 1.82) is 0 Å². The van der Waals surface area contributed by atoms with Crippen LogP contribution in [0.4, 0.5) is 0 Å². The van der Waals surface area contributed by atoms with Crippen LogP contribution in [0.1, 0.15) is 40.0 Å². The minimum absolute atomic E-state index is 0.115. The molecule has 4 atom stereocenters. The van der Waals surface area contributed by atoms with Crippen molar-refractivity contribution < 1.29 is 15.0 Å². The lowest BCUT2D eigenvalue weighted by atomic mass is 9.78. The fourth-order valence-corrected chi connectivity index (χ4v) is 2.28. The van der Waals surface area contributed by atoms with E-state index in [1.54, 1.807) is 0 Å². The molecule has 3 N–H and O–H groups in total. The maximum Gasteiger partial charge on any atom is 0.336 e. The SMILES string of the molecule is CC1CCCC(NCC(C)(O)C(=O)O)C1C. The highest BCUT2D eigenvalue weighted by Gasteiger charge is 2.33. The summed E-state index contributed by atoms with van der Waals surface area (Å²) < 4.78 is 0. The molecule has 1 fully saturated rings. The number of carboxylic acids is 1. The number of hydrogen-bond donors (Lipinski definition) is 3. The molecular formula is C12H23NO3. The zero-order valence-electron chi connectivity index (χ0n) is 10.4. The molecule has 0 amide bonds. The Balaban J connectivity index is 2.45. The van der Waals surface area contributed by atoms with Crippen LogP contribution < -0.4 is 5.32 Å². The number of carboxylic acid groups (broad SMARTS) is 1. The Morgan fingerprint density at radius 2 is 2.06 bits per heavy atom. The average Bonchev–Trinajstić information content (AvgIpc) is 2.20. The summed E-state index contributed by atoms with van der Waals surface area (Å²) in [6.45, 7) is 5.87. The summed E-state index contributed by atoms with van der Waals surface area (Å²) in [4.78, 5) is 10.7. The van der Waals surface area contributed by atoms with Crippen LogP contribution in [0.25, 0.3) is 0 Å². The van der Waals surface area contributed by atoms with Crippen LogP contribution in [0.2, 0.25) is 0 Å². The van der Waals surface area contributed by atoms with Crippen LogP contribution in [0.3, 0.4) is 0 Å². The van der Waals surface area contributed by atoms with E-state index in [9.17, 15) is 9.90 Å². The number of aliphatic carboxylic acids is 1. The van der Waals surface area contributed by atoms with Crippen LogP contribution >= 0.6 is 0 Å². The van der Waals surface area contributed by atoms with Gasteiger partial charge in [-0.25, -0.2) is 4.79 Å². The molecule has 4 heteroatoms. The largest absolute Gasteiger partial charge is 0.479 e. The molecule has 0 saturated heterocycles. The fraction of sp³-hybridized carbons (Fsp3) is 0.917. The second-order valence-corrected chi connectivity index (χ2v) is 5.33. The normalized spacial score (nSPS) is 34.4. The first kappa shape index (κ1) is 13.5. The molecule has 4 unspecified atom stereocenters. The lowest BCUT2D eigenvalue weighted by molar-refractivity contribution is -0.156. The average molecular weight is 229 g/mol. The first-order chi connectivity index (χ1) is 7.34. The predicted octanol–water partition coefficient (Wildman–Crippen LogP) is 1.24. The van der Waals surface area contributed by atoms with E-state index in [4.69, 9.17) is 5.11 Å². The smallest absolute Gasteiger partial charge is 0.336 e. The van der Waals surface area contributed by atoms with Crippen molar-refractivity contribution in [3.8, 4) is 0 Å². The zero-order chi connectivity index (χ0) is 12.3. The Morgan fingerprint density at radius 1 is 1.44 bits per heavy atom. The number of carbonyl (C=O) groups is 1. The minimum atomic E-state index is -1.67. The Labute approximate surface area is 97.0 Å². The van der Waals surface area contributed by atoms with E-state index in [1.165, 1.54) is 19.8 Å². The van der Waals surface area contributed by atoms with Crippen LogP contribution in [0.5, 0.6) is 0 Å². The maximum atomic E-state index is 10.7. The monoisotopic (exact) mass is 229 g/mol. The summed E-state index contributed by atoms with van der Waals surface area (Å²) in [7, 11) is 0. The molecule has 0 aromatic carbocycles. The van der Waals surface area contributed by atoms with Gasteiger partial charge in [-0.3, -0.25) is 0 Å². The Kier molecular flexibility index (Phi) is 4.33. The van der Waals surface area contributed by atoms with Gasteiger partial charge in [0, 0.05) is 12.6 Å². The number of hydrogen-bond acceptors (Lipinski definition) is 3. The minimum Gasteiger partial charge on any atom is -0.479 e. The van der Waals surface area contributed by atoms with E-state index in [2.05, 4.69) is 19.2 Å². The van der Waals surface area contributed by atoms with Gasteiger partial charge in [-0.2, -0.15) is 0 Å². The molecule has 4 nitrogen and oxygen atoms in total. The molecule has 1 aliphatic carbocycles. The van der Waals surface area contributed by atoms with E-state index in [0.717, 1.165) is 6.42 Å². The van der Waals surface area contributed by atoms with Crippen molar-refractivity contribution in [2.24, 2.45) is 11.8 Å². The fourth-order valence-electron chi connectivity index (χ4n) is 2.28. The van der Waals surface area contributed by atoms with Crippen molar-refractivity contribution in [2.75, 3.05) is 6.54 Å². The molecule has 0 aliphatic heterocycles. The molecule has 0 bridgehead atoms. The van der Waals surface area contributed by atoms with Crippen LogP contribution in [0, 0.1) is 11.8 Å². The van der Waals surface area contributed by atoms with Crippen LogP contribution in [-0.2, 0) is 4.79 Å². The third-order valence-electron chi connectivity index (χ3n) is 3.88. The standard InChI is InChI=1S/C12H23NO3/c1-8-5-4-6-10(9(8)2)13-7-12(3,16)11(14)15/h8-10,13,16H,4-7H2,1-3H3,(H,14,15). The molecule has 0 aromatic heterocycles. The summed E-state index contributed by atoms with van der Waals surface area (Å²) >= 11 is 0. The topological polar surface area (TPSA) is 69.6 Å². The van der Waals surface area contributed by atoms with Gasteiger partial charge in [0.2, 0.25) is 0 Å². The molecule has 16 heavy (non-hydrogen) atoms. The summed E-state index contributed by atoms with van der Waals surface area (Å²) in [6, 6.07) is 0.328. The molecule has 0 radical (unpaired) electrons. The Morgan fingerprint density at radius 3 is 2.62 bits per heavy atom. The molecule has 0 aromatic rings.